The molecule has 3 rings (SSSR count). The molecule has 7 nitrogen and oxygen atoms in total. The number of hydrogen-bond donors (Lipinski definition) is 1. The summed E-state index contributed by atoms with van der Waals surface area (Å²) in [6, 6.07) is 9.88. The molecule has 0 radical (unpaired) electrons. The molecule has 0 aliphatic carbocycles. The Bertz CT molecular complexity index is 1030. The molecule has 0 saturated carbocycles. The molecule has 1 aliphatic rings. The van der Waals surface area contributed by atoms with Gasteiger partial charge < -0.3 is 14.4 Å². The van der Waals surface area contributed by atoms with Gasteiger partial charge in [0.2, 0.25) is 10.0 Å². The predicted octanol–water partition coefficient (Wildman–Crippen LogP) is 2.37. The van der Waals surface area contributed by atoms with E-state index in [0.29, 0.717) is 36.6 Å². The number of rotatable bonds is 7. The maximum absolute atomic E-state index is 13.0. The molecule has 2 aromatic carbocycles. The summed E-state index contributed by atoms with van der Waals surface area (Å²) in [5.41, 5.74) is 2.42. The summed E-state index contributed by atoms with van der Waals surface area (Å²) in [5, 5.41) is 0. The third-order valence-corrected chi connectivity index (χ3v) is 6.24. The lowest BCUT2D eigenvalue weighted by Crippen LogP contribution is -2.36. The smallest absolute Gasteiger partial charge is 0.254 e. The lowest BCUT2D eigenvalue weighted by molar-refractivity contribution is 0.0734. The molecule has 154 valence electrons. The van der Waals surface area contributed by atoms with Crippen LogP contribution in [0.15, 0.2) is 53.9 Å². The van der Waals surface area contributed by atoms with E-state index in [1.54, 1.807) is 31.3 Å². The summed E-state index contributed by atoms with van der Waals surface area (Å²) >= 11 is 0. The van der Waals surface area contributed by atoms with Gasteiger partial charge in [-0.2, -0.15) is 0 Å². The fraction of sp³-hybridized carbons (Fsp3) is 0.286. The molecule has 0 unspecified atom stereocenters. The lowest BCUT2D eigenvalue weighted by atomic mass is 9.98. The molecule has 2 aromatic rings. The Hall–Kier alpha value is -2.84. The second-order valence-corrected chi connectivity index (χ2v) is 8.39. The zero-order valence-corrected chi connectivity index (χ0v) is 17.3. The highest BCUT2D eigenvalue weighted by Crippen LogP contribution is 2.33. The Balaban J connectivity index is 1.84. The molecular weight excluding hydrogens is 392 g/mol. The number of carbonyl (C=O) groups excluding carboxylic acids is 1. The van der Waals surface area contributed by atoms with Crippen molar-refractivity contribution < 1.29 is 22.7 Å². The molecule has 1 heterocycles. The molecule has 1 N–H and O–H groups in total. The number of fused-ring (bicyclic) bond motifs is 1. The van der Waals surface area contributed by atoms with Crippen LogP contribution >= 0.6 is 0 Å². The van der Waals surface area contributed by atoms with Gasteiger partial charge in [-0.3, -0.25) is 4.79 Å². The second kappa shape index (κ2) is 8.67. The molecule has 0 spiro atoms. The van der Waals surface area contributed by atoms with Gasteiger partial charge in [0, 0.05) is 25.2 Å². The highest BCUT2D eigenvalue weighted by atomic mass is 32.2. The molecule has 0 saturated heterocycles. The Kier molecular flexibility index (Phi) is 6.24. The number of ether oxygens (including phenoxy) is 2. The van der Waals surface area contributed by atoms with E-state index in [1.807, 2.05) is 12.1 Å². The van der Waals surface area contributed by atoms with E-state index in [-0.39, 0.29) is 17.3 Å². The normalized spacial score (nSPS) is 13.5. The quantitative estimate of drug-likeness (QED) is 0.701. The topological polar surface area (TPSA) is 84.9 Å². The Morgan fingerprint density at radius 1 is 1.17 bits per heavy atom. The molecule has 8 heteroatoms. The zero-order valence-electron chi connectivity index (χ0n) is 16.5. The van der Waals surface area contributed by atoms with Gasteiger partial charge in [0.05, 0.1) is 19.1 Å². The Morgan fingerprint density at radius 3 is 2.52 bits per heavy atom. The highest BCUT2D eigenvalue weighted by Gasteiger charge is 2.25. The molecule has 1 amide bonds. The second-order valence-electron chi connectivity index (χ2n) is 6.62. The molecule has 0 bridgehead atoms. The number of nitrogens with one attached hydrogen (secondary N) is 1. The SMILES string of the molecule is C=CCNS(=O)(=O)c1cccc(C(=O)N2CCc3cc(OC)c(OC)cc3C2)c1. The fourth-order valence-electron chi connectivity index (χ4n) is 3.29. The average molecular weight is 416 g/mol. The first-order valence-electron chi connectivity index (χ1n) is 9.13. The number of hydrogen-bond acceptors (Lipinski definition) is 5. The van der Waals surface area contributed by atoms with Gasteiger partial charge in [-0.1, -0.05) is 12.1 Å². The van der Waals surface area contributed by atoms with Gasteiger partial charge >= 0.3 is 0 Å². The monoisotopic (exact) mass is 416 g/mol. The van der Waals surface area contributed by atoms with E-state index in [1.165, 1.54) is 18.2 Å². The van der Waals surface area contributed by atoms with E-state index in [2.05, 4.69) is 11.3 Å². The number of nitrogens with zero attached hydrogens (tertiary/aromatic N) is 1. The van der Waals surface area contributed by atoms with Gasteiger partial charge in [0.1, 0.15) is 0 Å². The van der Waals surface area contributed by atoms with E-state index < -0.39 is 10.0 Å². The summed E-state index contributed by atoms with van der Waals surface area (Å²) in [6.07, 6.45) is 2.14. The molecular formula is C21H24N2O5S. The van der Waals surface area contributed by atoms with Gasteiger partial charge in [0.25, 0.3) is 5.91 Å². The van der Waals surface area contributed by atoms with Crippen LogP contribution in [0.1, 0.15) is 21.5 Å². The number of carbonyl (C=O) groups is 1. The van der Waals surface area contributed by atoms with Crippen LogP contribution in [0.2, 0.25) is 0 Å². The van der Waals surface area contributed by atoms with Crippen molar-refractivity contribution >= 4 is 15.9 Å². The molecule has 0 fully saturated rings. The van der Waals surface area contributed by atoms with E-state index in [0.717, 1.165) is 11.1 Å². The van der Waals surface area contributed by atoms with Gasteiger partial charge in [-0.15, -0.1) is 6.58 Å². The van der Waals surface area contributed by atoms with E-state index >= 15 is 0 Å². The standard InChI is InChI=1S/C21H24N2O5S/c1-4-9-22-29(25,26)18-7-5-6-16(11-18)21(24)23-10-8-15-12-19(27-2)20(28-3)13-17(15)14-23/h4-7,11-13,22H,1,8-10,14H2,2-3H3. The van der Waals surface area contributed by atoms with Crippen LogP contribution in [0.4, 0.5) is 0 Å². The van der Waals surface area contributed by atoms with Gasteiger partial charge in [-0.25, -0.2) is 13.1 Å². The number of amides is 1. The minimum Gasteiger partial charge on any atom is -0.493 e. The van der Waals surface area contributed by atoms with Gasteiger partial charge in [0.15, 0.2) is 11.5 Å². The molecule has 29 heavy (non-hydrogen) atoms. The third-order valence-electron chi connectivity index (χ3n) is 4.81. The van der Waals surface area contributed by atoms with Crippen molar-refractivity contribution in [3.8, 4) is 11.5 Å². The summed E-state index contributed by atoms with van der Waals surface area (Å²) in [5.74, 6) is 1.06. The largest absolute Gasteiger partial charge is 0.493 e. The Labute approximate surface area is 171 Å². The minimum absolute atomic E-state index is 0.0500. The average Bonchev–Trinajstić information content (AvgIpc) is 2.75. The van der Waals surface area contributed by atoms with Crippen LogP contribution in [0.25, 0.3) is 0 Å². The summed E-state index contributed by atoms with van der Waals surface area (Å²) in [4.78, 5) is 14.8. The van der Waals surface area contributed by atoms with Crippen LogP contribution in [0.5, 0.6) is 11.5 Å². The van der Waals surface area contributed by atoms with Crippen molar-refractivity contribution in [3.63, 3.8) is 0 Å². The molecule has 1 aliphatic heterocycles. The number of methoxy groups -OCH3 is 2. The zero-order chi connectivity index (χ0) is 21.0. The third kappa shape index (κ3) is 4.44. The first kappa shape index (κ1) is 20.9. The Morgan fingerprint density at radius 2 is 1.86 bits per heavy atom. The minimum atomic E-state index is -3.70. The highest BCUT2D eigenvalue weighted by molar-refractivity contribution is 7.89. The number of benzene rings is 2. The fourth-order valence-corrected chi connectivity index (χ4v) is 4.33. The van der Waals surface area contributed by atoms with E-state index in [4.69, 9.17) is 9.47 Å². The maximum Gasteiger partial charge on any atom is 0.254 e. The number of sulfonamides is 1. The predicted molar refractivity (Wildman–Crippen MR) is 110 cm³/mol. The summed E-state index contributed by atoms with van der Waals surface area (Å²) < 4.78 is 37.8. The lowest BCUT2D eigenvalue weighted by Gasteiger charge is -2.29. The first-order valence-corrected chi connectivity index (χ1v) is 10.6. The van der Waals surface area contributed by atoms with Crippen LogP contribution in [-0.4, -0.2) is 46.5 Å². The summed E-state index contributed by atoms with van der Waals surface area (Å²) in [7, 11) is -0.534. The summed E-state index contributed by atoms with van der Waals surface area (Å²) in [6.45, 7) is 4.57. The first-order chi connectivity index (χ1) is 13.9. The molecule has 0 atom stereocenters. The van der Waals surface area contributed by atoms with Gasteiger partial charge in [-0.05, 0) is 47.9 Å². The van der Waals surface area contributed by atoms with Crippen molar-refractivity contribution in [3.05, 3.63) is 65.7 Å². The van der Waals surface area contributed by atoms with Crippen LogP contribution < -0.4 is 14.2 Å². The van der Waals surface area contributed by atoms with Crippen molar-refractivity contribution in [2.24, 2.45) is 0 Å². The van der Waals surface area contributed by atoms with Crippen LogP contribution in [-0.2, 0) is 23.0 Å². The van der Waals surface area contributed by atoms with Crippen molar-refractivity contribution in [2.75, 3.05) is 27.3 Å². The van der Waals surface area contributed by atoms with Crippen molar-refractivity contribution in [2.45, 2.75) is 17.9 Å². The maximum atomic E-state index is 13.0. The van der Waals surface area contributed by atoms with Crippen molar-refractivity contribution in [1.82, 2.24) is 9.62 Å². The van der Waals surface area contributed by atoms with E-state index in [9.17, 15) is 13.2 Å². The van der Waals surface area contributed by atoms with Crippen LogP contribution in [0, 0.1) is 0 Å². The van der Waals surface area contributed by atoms with Crippen LogP contribution in [0.3, 0.4) is 0 Å². The van der Waals surface area contributed by atoms with Crippen molar-refractivity contribution in [1.29, 1.82) is 0 Å². The molecule has 0 aromatic heterocycles.